The van der Waals surface area contributed by atoms with Crippen LogP contribution in [0.2, 0.25) is 0 Å². The van der Waals surface area contributed by atoms with Crippen molar-refractivity contribution in [3.05, 3.63) is 17.2 Å². The Morgan fingerprint density at radius 1 is 1.25 bits per heavy atom. The minimum Gasteiger partial charge on any atom is -0.505 e. The number of hydrogen-bond acceptors (Lipinski definition) is 3. The minimum absolute atomic E-state index is 0.466. The number of nitrogens with zero attached hydrogens (tertiary/aromatic N) is 1. The largest absolute Gasteiger partial charge is 0.505 e. The molecule has 2 heterocycles. The molecule has 86 valence electrons. The molecule has 2 N–H and O–H groups in total. The molecule has 0 aliphatic carbocycles. The van der Waals surface area contributed by atoms with E-state index < -0.39 is 0 Å². The highest BCUT2D eigenvalue weighted by atomic mass is 16.3. The normalized spacial score (nSPS) is 18.2. The van der Waals surface area contributed by atoms with Crippen LogP contribution in [0.3, 0.4) is 0 Å². The van der Waals surface area contributed by atoms with Crippen LogP contribution in [0.4, 0.5) is 11.4 Å². The van der Waals surface area contributed by atoms with Crippen LogP contribution in [0.25, 0.3) is 0 Å². The van der Waals surface area contributed by atoms with Gasteiger partial charge < -0.3 is 15.3 Å². The van der Waals surface area contributed by atoms with Gasteiger partial charge in [-0.05, 0) is 37.3 Å². The number of aryl methyl sites for hydroxylation is 1. The summed E-state index contributed by atoms with van der Waals surface area (Å²) in [6.45, 7) is 2.30. The Morgan fingerprint density at radius 2 is 2.00 bits per heavy atom. The van der Waals surface area contributed by atoms with Gasteiger partial charge in [0.15, 0.2) is 0 Å². The van der Waals surface area contributed by atoms with Crippen LogP contribution in [0, 0.1) is 0 Å². The van der Waals surface area contributed by atoms with E-state index in [0.29, 0.717) is 5.75 Å². The molecule has 0 spiro atoms. The molecule has 3 rings (SSSR count). The molecule has 2 aliphatic heterocycles. The molecular weight excluding hydrogens is 200 g/mol. The van der Waals surface area contributed by atoms with E-state index >= 15 is 0 Å². The monoisotopic (exact) mass is 218 g/mol. The lowest BCUT2D eigenvalue weighted by Gasteiger charge is -2.37. The lowest BCUT2D eigenvalue weighted by molar-refractivity contribution is 0.465. The Labute approximate surface area is 96.1 Å². The Bertz CT molecular complexity index is 426. The standard InChI is InChI=1S/C13H18N2O/c1-14-11-8-9-4-2-6-15-7-3-5-10(12(9)15)13(11)16/h8,14,16H,2-7H2,1H3. The van der Waals surface area contributed by atoms with Gasteiger partial charge in [0.05, 0.1) is 5.69 Å². The Kier molecular flexibility index (Phi) is 2.20. The molecule has 0 aromatic heterocycles. The van der Waals surface area contributed by atoms with Gasteiger partial charge >= 0.3 is 0 Å². The average molecular weight is 218 g/mol. The van der Waals surface area contributed by atoms with Crippen molar-refractivity contribution >= 4 is 11.4 Å². The fraction of sp³-hybridized carbons (Fsp3) is 0.538. The van der Waals surface area contributed by atoms with Gasteiger partial charge in [-0.25, -0.2) is 0 Å². The van der Waals surface area contributed by atoms with E-state index in [4.69, 9.17) is 0 Å². The predicted molar refractivity (Wildman–Crippen MR) is 66.5 cm³/mol. The number of hydrogen-bond donors (Lipinski definition) is 2. The summed E-state index contributed by atoms with van der Waals surface area (Å²) in [4.78, 5) is 2.44. The summed E-state index contributed by atoms with van der Waals surface area (Å²) >= 11 is 0. The summed E-state index contributed by atoms with van der Waals surface area (Å²) in [6, 6.07) is 2.12. The number of aromatic hydroxyl groups is 1. The zero-order chi connectivity index (χ0) is 11.1. The third-order valence-electron chi connectivity index (χ3n) is 3.76. The fourth-order valence-electron chi connectivity index (χ4n) is 3.03. The minimum atomic E-state index is 0.466. The van der Waals surface area contributed by atoms with Gasteiger partial charge in [-0.2, -0.15) is 0 Å². The lowest BCUT2D eigenvalue weighted by atomic mass is 9.90. The molecule has 1 aromatic rings. The van der Waals surface area contributed by atoms with E-state index in [0.717, 1.165) is 43.6 Å². The molecule has 0 amide bonds. The highest BCUT2D eigenvalue weighted by molar-refractivity contribution is 5.75. The van der Waals surface area contributed by atoms with E-state index in [1.165, 1.54) is 17.7 Å². The first-order valence-corrected chi connectivity index (χ1v) is 6.11. The number of rotatable bonds is 1. The molecule has 3 nitrogen and oxygen atoms in total. The summed E-state index contributed by atoms with van der Waals surface area (Å²) in [6.07, 6.45) is 4.56. The van der Waals surface area contributed by atoms with Crippen LogP contribution in [0.1, 0.15) is 24.0 Å². The van der Waals surface area contributed by atoms with Crippen molar-refractivity contribution in [2.45, 2.75) is 25.7 Å². The maximum atomic E-state index is 10.2. The van der Waals surface area contributed by atoms with E-state index in [9.17, 15) is 5.11 Å². The Balaban J connectivity index is 2.22. The summed E-state index contributed by atoms with van der Waals surface area (Å²) in [5.74, 6) is 0.466. The molecular formula is C13H18N2O. The van der Waals surface area contributed by atoms with Crippen LogP contribution < -0.4 is 10.2 Å². The molecule has 16 heavy (non-hydrogen) atoms. The maximum Gasteiger partial charge on any atom is 0.143 e. The van der Waals surface area contributed by atoms with Crippen LogP contribution in [0.5, 0.6) is 5.75 Å². The fourth-order valence-corrected chi connectivity index (χ4v) is 3.03. The zero-order valence-corrected chi connectivity index (χ0v) is 9.71. The van der Waals surface area contributed by atoms with Gasteiger partial charge in [-0.3, -0.25) is 0 Å². The Morgan fingerprint density at radius 3 is 2.75 bits per heavy atom. The highest BCUT2D eigenvalue weighted by Gasteiger charge is 2.27. The molecule has 0 saturated carbocycles. The number of benzene rings is 1. The SMILES string of the molecule is CNc1cc2c3c(c1O)CCCN3CCC2. The molecule has 0 atom stereocenters. The van der Waals surface area contributed by atoms with Crippen molar-refractivity contribution in [3.8, 4) is 5.75 Å². The third kappa shape index (κ3) is 1.27. The molecule has 2 aliphatic rings. The Hall–Kier alpha value is -1.38. The van der Waals surface area contributed by atoms with Gasteiger partial charge in [0.2, 0.25) is 0 Å². The molecule has 0 radical (unpaired) electrons. The summed E-state index contributed by atoms with van der Waals surface area (Å²) in [7, 11) is 1.87. The van der Waals surface area contributed by atoms with Crippen molar-refractivity contribution in [2.24, 2.45) is 0 Å². The summed E-state index contributed by atoms with van der Waals surface area (Å²) in [5.41, 5.74) is 4.78. The number of phenols is 1. The molecule has 0 bridgehead atoms. The second kappa shape index (κ2) is 3.58. The first kappa shape index (κ1) is 9.82. The number of anilines is 2. The molecule has 3 heteroatoms. The maximum absolute atomic E-state index is 10.2. The van der Waals surface area contributed by atoms with E-state index in [-0.39, 0.29) is 0 Å². The van der Waals surface area contributed by atoms with Gasteiger partial charge in [0, 0.05) is 31.4 Å². The first-order chi connectivity index (χ1) is 7.81. The highest BCUT2D eigenvalue weighted by Crippen LogP contribution is 2.43. The van der Waals surface area contributed by atoms with Gasteiger partial charge in [-0.1, -0.05) is 0 Å². The quantitative estimate of drug-likeness (QED) is 0.709. The van der Waals surface area contributed by atoms with Crippen molar-refractivity contribution in [1.29, 1.82) is 0 Å². The van der Waals surface area contributed by atoms with E-state index in [1.807, 2.05) is 7.05 Å². The van der Waals surface area contributed by atoms with E-state index in [2.05, 4.69) is 16.3 Å². The second-order valence-electron chi connectivity index (χ2n) is 4.70. The summed E-state index contributed by atoms with van der Waals surface area (Å²) < 4.78 is 0. The van der Waals surface area contributed by atoms with Crippen LogP contribution in [0.15, 0.2) is 6.07 Å². The van der Waals surface area contributed by atoms with Crippen LogP contribution in [-0.4, -0.2) is 25.2 Å². The molecule has 0 unspecified atom stereocenters. The van der Waals surface area contributed by atoms with Crippen LogP contribution >= 0.6 is 0 Å². The van der Waals surface area contributed by atoms with Gasteiger partial charge in [-0.15, -0.1) is 0 Å². The van der Waals surface area contributed by atoms with Crippen molar-refractivity contribution < 1.29 is 5.11 Å². The number of nitrogens with one attached hydrogen (secondary N) is 1. The molecule has 0 fully saturated rings. The first-order valence-electron chi connectivity index (χ1n) is 6.11. The predicted octanol–water partition coefficient (Wildman–Crippen LogP) is 2.13. The zero-order valence-electron chi connectivity index (χ0n) is 9.71. The third-order valence-corrected chi connectivity index (χ3v) is 3.76. The summed E-state index contributed by atoms with van der Waals surface area (Å²) in [5, 5.41) is 13.3. The lowest BCUT2D eigenvalue weighted by Crippen LogP contribution is -2.34. The van der Waals surface area contributed by atoms with Gasteiger partial charge in [0.25, 0.3) is 0 Å². The van der Waals surface area contributed by atoms with Crippen molar-refractivity contribution in [3.63, 3.8) is 0 Å². The topological polar surface area (TPSA) is 35.5 Å². The number of phenolic OH excluding ortho intramolecular Hbond substituents is 1. The molecule has 0 saturated heterocycles. The van der Waals surface area contributed by atoms with E-state index in [1.54, 1.807) is 0 Å². The van der Waals surface area contributed by atoms with Crippen molar-refractivity contribution in [1.82, 2.24) is 0 Å². The van der Waals surface area contributed by atoms with Gasteiger partial charge in [0.1, 0.15) is 5.75 Å². The smallest absolute Gasteiger partial charge is 0.143 e. The average Bonchev–Trinajstić information content (AvgIpc) is 2.33. The van der Waals surface area contributed by atoms with Crippen LogP contribution in [-0.2, 0) is 12.8 Å². The molecule has 1 aromatic carbocycles. The second-order valence-corrected chi connectivity index (χ2v) is 4.70. The van der Waals surface area contributed by atoms with Crippen molar-refractivity contribution in [2.75, 3.05) is 30.4 Å².